The topological polar surface area (TPSA) is 29.5 Å². The van der Waals surface area contributed by atoms with Gasteiger partial charge in [0, 0.05) is 12.5 Å². The monoisotopic (exact) mass is 264 g/mol. The third-order valence-corrected chi connectivity index (χ3v) is 3.35. The minimum Gasteiger partial charge on any atom is -0.459 e. The van der Waals surface area contributed by atoms with Crippen LogP contribution >= 0.6 is 0 Å². The Hall–Kier alpha value is -2.32. The molecule has 2 nitrogen and oxygen atoms in total. The van der Waals surface area contributed by atoms with Gasteiger partial charge in [-0.25, -0.2) is 0 Å². The molecular formula is C18H16O2. The van der Waals surface area contributed by atoms with Crippen molar-refractivity contribution in [1.29, 1.82) is 0 Å². The van der Waals surface area contributed by atoms with Gasteiger partial charge in [0.2, 0.25) is 5.79 Å². The molecule has 1 atom stereocenters. The molecule has 0 aliphatic carbocycles. The Bertz CT molecular complexity index is 718. The van der Waals surface area contributed by atoms with Crippen molar-refractivity contribution < 1.29 is 9.84 Å². The molecule has 1 unspecified atom stereocenters. The second-order valence-electron chi connectivity index (χ2n) is 4.96. The van der Waals surface area contributed by atoms with Crippen molar-refractivity contribution in [1.82, 2.24) is 0 Å². The van der Waals surface area contributed by atoms with Crippen LogP contribution in [0.4, 0.5) is 0 Å². The van der Waals surface area contributed by atoms with Crippen molar-refractivity contribution in [3.63, 3.8) is 0 Å². The van der Waals surface area contributed by atoms with Crippen molar-refractivity contribution in [2.75, 3.05) is 0 Å². The average molecular weight is 264 g/mol. The smallest absolute Gasteiger partial charge is 0.232 e. The van der Waals surface area contributed by atoms with E-state index in [4.69, 9.17) is 4.74 Å². The molecule has 0 radical (unpaired) electrons. The van der Waals surface area contributed by atoms with Gasteiger partial charge in [0.1, 0.15) is 5.75 Å². The van der Waals surface area contributed by atoms with E-state index in [1.807, 2.05) is 66.7 Å². The van der Waals surface area contributed by atoms with Crippen LogP contribution in [0.5, 0.6) is 5.75 Å². The van der Waals surface area contributed by atoms with Crippen molar-refractivity contribution in [3.8, 4) is 5.75 Å². The molecule has 0 heterocycles. The van der Waals surface area contributed by atoms with E-state index in [0.717, 1.165) is 16.3 Å². The molecule has 3 aromatic rings. The van der Waals surface area contributed by atoms with Crippen molar-refractivity contribution >= 4 is 10.8 Å². The van der Waals surface area contributed by atoms with E-state index in [2.05, 4.69) is 6.07 Å². The summed E-state index contributed by atoms with van der Waals surface area (Å²) in [6.07, 6.45) is 0. The maximum atomic E-state index is 10.5. The second kappa shape index (κ2) is 4.99. The first-order valence-electron chi connectivity index (χ1n) is 6.61. The predicted octanol–water partition coefficient (Wildman–Crippen LogP) is 4.08. The third-order valence-electron chi connectivity index (χ3n) is 3.35. The van der Waals surface area contributed by atoms with Crippen LogP contribution in [0.15, 0.2) is 72.8 Å². The molecule has 0 aliphatic heterocycles. The van der Waals surface area contributed by atoms with Crippen LogP contribution in [0.25, 0.3) is 10.8 Å². The van der Waals surface area contributed by atoms with E-state index in [1.165, 1.54) is 0 Å². The molecule has 0 saturated carbocycles. The van der Waals surface area contributed by atoms with Crippen LogP contribution in [0.2, 0.25) is 0 Å². The molecule has 3 rings (SSSR count). The number of rotatable bonds is 3. The molecule has 1 N–H and O–H groups in total. The Morgan fingerprint density at radius 1 is 0.800 bits per heavy atom. The van der Waals surface area contributed by atoms with E-state index in [0.29, 0.717) is 5.75 Å². The van der Waals surface area contributed by atoms with Crippen LogP contribution in [0.1, 0.15) is 12.5 Å². The quantitative estimate of drug-likeness (QED) is 0.722. The van der Waals surface area contributed by atoms with Gasteiger partial charge in [-0.1, -0.05) is 60.7 Å². The van der Waals surface area contributed by atoms with Crippen molar-refractivity contribution in [3.05, 3.63) is 78.4 Å². The Balaban J connectivity index is 1.92. The number of aliphatic hydroxyl groups is 1. The number of benzene rings is 3. The van der Waals surface area contributed by atoms with E-state index in [-0.39, 0.29) is 0 Å². The molecule has 100 valence electrons. The molecule has 0 amide bonds. The highest BCUT2D eigenvalue weighted by Gasteiger charge is 2.24. The first-order valence-corrected chi connectivity index (χ1v) is 6.61. The van der Waals surface area contributed by atoms with E-state index in [1.54, 1.807) is 6.92 Å². The lowest BCUT2D eigenvalue weighted by Crippen LogP contribution is -2.28. The van der Waals surface area contributed by atoms with Crippen LogP contribution in [-0.2, 0) is 5.79 Å². The zero-order valence-corrected chi connectivity index (χ0v) is 11.3. The molecule has 0 bridgehead atoms. The summed E-state index contributed by atoms with van der Waals surface area (Å²) in [5, 5.41) is 12.7. The number of hydrogen-bond acceptors (Lipinski definition) is 2. The summed E-state index contributed by atoms with van der Waals surface area (Å²) in [7, 11) is 0. The second-order valence-corrected chi connectivity index (χ2v) is 4.96. The fourth-order valence-electron chi connectivity index (χ4n) is 2.27. The van der Waals surface area contributed by atoms with E-state index < -0.39 is 5.79 Å². The minimum atomic E-state index is -1.34. The molecule has 0 aromatic heterocycles. The average Bonchev–Trinajstić information content (AvgIpc) is 2.48. The van der Waals surface area contributed by atoms with E-state index in [9.17, 15) is 5.11 Å². The summed E-state index contributed by atoms with van der Waals surface area (Å²) in [6.45, 7) is 1.65. The number of hydrogen-bond donors (Lipinski definition) is 1. The van der Waals surface area contributed by atoms with Crippen LogP contribution < -0.4 is 4.74 Å². The van der Waals surface area contributed by atoms with Gasteiger partial charge < -0.3 is 9.84 Å². The summed E-state index contributed by atoms with van der Waals surface area (Å²) in [5.74, 6) is -0.693. The Morgan fingerprint density at radius 3 is 2.20 bits per heavy atom. The highest BCUT2D eigenvalue weighted by atomic mass is 16.6. The van der Waals surface area contributed by atoms with Gasteiger partial charge in [0.15, 0.2) is 0 Å². The molecule has 0 fully saturated rings. The van der Waals surface area contributed by atoms with Gasteiger partial charge in [-0.15, -0.1) is 0 Å². The molecule has 0 saturated heterocycles. The first-order chi connectivity index (χ1) is 9.65. The van der Waals surface area contributed by atoms with Gasteiger partial charge in [0.05, 0.1) is 0 Å². The summed E-state index contributed by atoms with van der Waals surface area (Å²) < 4.78 is 5.75. The van der Waals surface area contributed by atoms with Crippen LogP contribution in [0, 0.1) is 0 Å². The maximum absolute atomic E-state index is 10.5. The normalized spacial score (nSPS) is 13.9. The predicted molar refractivity (Wildman–Crippen MR) is 80.6 cm³/mol. The SMILES string of the molecule is CC(O)(Oc1ccc2ccccc2c1)c1ccccc1. The molecule has 0 aliphatic rings. The Kier molecular flexibility index (Phi) is 3.17. The molecular weight excluding hydrogens is 248 g/mol. The fraction of sp³-hybridized carbons (Fsp3) is 0.111. The van der Waals surface area contributed by atoms with Crippen molar-refractivity contribution in [2.24, 2.45) is 0 Å². The van der Waals surface area contributed by atoms with Crippen molar-refractivity contribution in [2.45, 2.75) is 12.7 Å². The lowest BCUT2D eigenvalue weighted by Gasteiger charge is -2.25. The Labute approximate surface area is 118 Å². The van der Waals surface area contributed by atoms with Gasteiger partial charge in [0.25, 0.3) is 0 Å². The van der Waals surface area contributed by atoms with Crippen LogP contribution in [-0.4, -0.2) is 5.11 Å². The standard InChI is InChI=1S/C18H16O2/c1-18(19,16-9-3-2-4-10-16)20-17-12-11-14-7-5-6-8-15(14)13-17/h2-13,19H,1H3. The first kappa shape index (κ1) is 12.7. The van der Waals surface area contributed by atoms with Gasteiger partial charge >= 0.3 is 0 Å². The van der Waals surface area contributed by atoms with Crippen LogP contribution in [0.3, 0.4) is 0 Å². The minimum absolute atomic E-state index is 0.651. The van der Waals surface area contributed by atoms with Gasteiger partial charge in [-0.3, -0.25) is 0 Å². The molecule has 3 aromatic carbocycles. The van der Waals surface area contributed by atoms with Gasteiger partial charge in [-0.2, -0.15) is 0 Å². The number of fused-ring (bicyclic) bond motifs is 1. The zero-order chi connectivity index (χ0) is 14.0. The highest BCUT2D eigenvalue weighted by molar-refractivity contribution is 5.83. The molecule has 20 heavy (non-hydrogen) atoms. The largest absolute Gasteiger partial charge is 0.459 e. The summed E-state index contributed by atoms with van der Waals surface area (Å²) >= 11 is 0. The van der Waals surface area contributed by atoms with Gasteiger partial charge in [-0.05, 0) is 22.9 Å². The summed E-state index contributed by atoms with van der Waals surface area (Å²) in [4.78, 5) is 0. The lowest BCUT2D eigenvalue weighted by atomic mass is 10.1. The fourth-order valence-corrected chi connectivity index (χ4v) is 2.27. The lowest BCUT2D eigenvalue weighted by molar-refractivity contribution is -0.129. The summed E-state index contributed by atoms with van der Waals surface area (Å²) in [6, 6.07) is 23.2. The Morgan fingerprint density at radius 2 is 1.45 bits per heavy atom. The zero-order valence-electron chi connectivity index (χ0n) is 11.3. The summed E-state index contributed by atoms with van der Waals surface area (Å²) in [5.41, 5.74) is 0.730. The number of ether oxygens (including phenoxy) is 1. The van der Waals surface area contributed by atoms with E-state index >= 15 is 0 Å². The maximum Gasteiger partial charge on any atom is 0.232 e. The molecule has 2 heteroatoms. The molecule has 0 spiro atoms. The third kappa shape index (κ3) is 2.51. The highest BCUT2D eigenvalue weighted by Crippen LogP contribution is 2.28.